The molecule has 0 aromatic heterocycles. The zero-order valence-corrected chi connectivity index (χ0v) is 19.6. The van der Waals surface area contributed by atoms with Crippen molar-refractivity contribution >= 4 is 11.9 Å². The molecule has 6 atom stereocenters. The van der Waals surface area contributed by atoms with Gasteiger partial charge in [-0.25, -0.2) is 9.59 Å². The zero-order valence-electron chi connectivity index (χ0n) is 19.6. The van der Waals surface area contributed by atoms with Crippen LogP contribution >= 0.6 is 0 Å². The Balaban J connectivity index is 1.46. The summed E-state index contributed by atoms with van der Waals surface area (Å²) < 4.78 is 35.5. The van der Waals surface area contributed by atoms with E-state index in [4.69, 9.17) is 28.4 Å². The lowest BCUT2D eigenvalue weighted by molar-refractivity contribution is -0.356. The summed E-state index contributed by atoms with van der Waals surface area (Å²) >= 11 is 0. The third-order valence-electron chi connectivity index (χ3n) is 6.09. The Morgan fingerprint density at radius 3 is 1.81 bits per heavy atom. The van der Waals surface area contributed by atoms with Crippen LogP contribution in [0.2, 0.25) is 0 Å². The monoisotopic (exact) mass is 490 g/mol. The number of hydrogen-bond donors (Lipinski definition) is 0. The molecule has 0 saturated carbocycles. The maximum Gasteiger partial charge on any atom is 0.338 e. The summed E-state index contributed by atoms with van der Waals surface area (Å²) in [7, 11) is 1.43. The highest BCUT2D eigenvalue weighted by Gasteiger charge is 2.54. The van der Waals surface area contributed by atoms with Crippen molar-refractivity contribution in [3.05, 3.63) is 108 Å². The van der Waals surface area contributed by atoms with E-state index in [0.717, 1.165) is 5.56 Å². The van der Waals surface area contributed by atoms with Gasteiger partial charge in [0.25, 0.3) is 0 Å². The molecule has 8 nitrogen and oxygen atoms in total. The van der Waals surface area contributed by atoms with Crippen LogP contribution in [-0.2, 0) is 28.4 Å². The van der Waals surface area contributed by atoms with E-state index in [0.29, 0.717) is 11.1 Å². The predicted octanol–water partition coefficient (Wildman–Crippen LogP) is 3.92. The van der Waals surface area contributed by atoms with Gasteiger partial charge in [0, 0.05) is 12.7 Å². The predicted molar refractivity (Wildman–Crippen MR) is 127 cm³/mol. The molecule has 0 bridgehead atoms. The van der Waals surface area contributed by atoms with E-state index >= 15 is 0 Å². The molecule has 0 aliphatic carbocycles. The molecule has 3 aromatic carbocycles. The van der Waals surface area contributed by atoms with Gasteiger partial charge in [0.1, 0.15) is 12.2 Å². The van der Waals surface area contributed by atoms with Crippen LogP contribution in [0.25, 0.3) is 0 Å². The lowest BCUT2D eigenvalue weighted by Crippen LogP contribution is -2.64. The molecule has 2 heterocycles. The van der Waals surface area contributed by atoms with Gasteiger partial charge in [-0.3, -0.25) is 0 Å². The van der Waals surface area contributed by atoms with E-state index < -0.39 is 48.9 Å². The third kappa shape index (κ3) is 5.17. The maximum atomic E-state index is 13.1. The van der Waals surface area contributed by atoms with Gasteiger partial charge in [-0.1, -0.05) is 66.7 Å². The van der Waals surface area contributed by atoms with Crippen LogP contribution in [0.1, 0.15) is 32.6 Å². The second-order valence-electron chi connectivity index (χ2n) is 8.43. The van der Waals surface area contributed by atoms with E-state index in [9.17, 15) is 9.59 Å². The normalized spacial score (nSPS) is 27.5. The average molecular weight is 491 g/mol. The van der Waals surface area contributed by atoms with Crippen LogP contribution in [0.4, 0.5) is 0 Å². The highest BCUT2D eigenvalue weighted by atomic mass is 16.8. The van der Waals surface area contributed by atoms with Crippen molar-refractivity contribution in [2.45, 2.75) is 37.0 Å². The molecule has 2 fully saturated rings. The van der Waals surface area contributed by atoms with Crippen molar-refractivity contribution < 1.29 is 38.0 Å². The number of fused-ring (bicyclic) bond motifs is 1. The molecule has 2 aliphatic heterocycles. The molecule has 0 unspecified atom stereocenters. The number of ether oxygens (including phenoxy) is 6. The minimum atomic E-state index is -1.09. The van der Waals surface area contributed by atoms with Crippen molar-refractivity contribution in [3.8, 4) is 0 Å². The largest absolute Gasteiger partial charge is 0.452 e. The molecule has 2 aliphatic rings. The first-order valence-corrected chi connectivity index (χ1v) is 11.7. The molecule has 36 heavy (non-hydrogen) atoms. The third-order valence-corrected chi connectivity index (χ3v) is 6.09. The van der Waals surface area contributed by atoms with Gasteiger partial charge in [0.15, 0.2) is 24.8 Å². The van der Waals surface area contributed by atoms with Crippen molar-refractivity contribution in [1.82, 2.24) is 0 Å². The van der Waals surface area contributed by atoms with E-state index in [2.05, 4.69) is 0 Å². The van der Waals surface area contributed by atoms with Gasteiger partial charge in [0.2, 0.25) is 0 Å². The average Bonchev–Trinajstić information content (AvgIpc) is 2.95. The number of rotatable bonds is 6. The Labute approximate surface area is 208 Å². The molecular weight excluding hydrogens is 464 g/mol. The highest BCUT2D eigenvalue weighted by Crippen LogP contribution is 2.37. The van der Waals surface area contributed by atoms with E-state index in [1.165, 1.54) is 7.11 Å². The summed E-state index contributed by atoms with van der Waals surface area (Å²) in [4.78, 5) is 26.1. The van der Waals surface area contributed by atoms with Crippen LogP contribution in [0, 0.1) is 0 Å². The van der Waals surface area contributed by atoms with E-state index in [1.54, 1.807) is 60.7 Å². The fourth-order valence-electron chi connectivity index (χ4n) is 4.31. The van der Waals surface area contributed by atoms with Crippen molar-refractivity contribution in [1.29, 1.82) is 0 Å². The van der Waals surface area contributed by atoms with Gasteiger partial charge in [-0.2, -0.15) is 0 Å². The van der Waals surface area contributed by atoms with Crippen molar-refractivity contribution in [2.75, 3.05) is 13.7 Å². The minimum absolute atomic E-state index is 0.169. The Hall–Kier alpha value is -3.56. The number of hydrogen-bond acceptors (Lipinski definition) is 8. The molecule has 0 amide bonds. The first-order valence-electron chi connectivity index (χ1n) is 11.7. The van der Waals surface area contributed by atoms with Crippen molar-refractivity contribution in [3.63, 3.8) is 0 Å². The molecule has 8 heteroatoms. The fraction of sp³-hybridized carbons (Fsp3) is 0.286. The number of carbonyl (C=O) groups excluding carboxylic acids is 2. The summed E-state index contributed by atoms with van der Waals surface area (Å²) in [6.45, 7) is 0.169. The first kappa shape index (κ1) is 24.1. The van der Waals surface area contributed by atoms with E-state index in [1.807, 2.05) is 30.3 Å². The van der Waals surface area contributed by atoms with E-state index in [-0.39, 0.29) is 6.61 Å². The number of esters is 2. The minimum Gasteiger partial charge on any atom is -0.452 e. The molecular formula is C28H26O8. The molecule has 2 saturated heterocycles. The highest BCUT2D eigenvalue weighted by molar-refractivity contribution is 5.90. The number of carbonyl (C=O) groups is 2. The second kappa shape index (κ2) is 11.0. The van der Waals surface area contributed by atoms with Crippen LogP contribution in [0.15, 0.2) is 91.0 Å². The van der Waals surface area contributed by atoms with Crippen LogP contribution in [0.3, 0.4) is 0 Å². The van der Waals surface area contributed by atoms with Crippen molar-refractivity contribution in [2.24, 2.45) is 0 Å². The molecule has 5 rings (SSSR count). The standard InChI is InChI=1S/C28H26O8/c1-31-28-24(35-26(30)19-13-7-3-8-14-19)23(34-25(29)18-11-5-2-6-12-18)22-21(33-28)17-32-27(36-22)20-15-9-4-10-16-20/h2-16,21-24,27-28H,17H2,1H3/t21-,22-,23+,24-,27+,28+/m1/s1. The lowest BCUT2D eigenvalue weighted by Gasteiger charge is -2.47. The van der Waals surface area contributed by atoms with Crippen LogP contribution < -0.4 is 0 Å². The molecule has 0 radical (unpaired) electrons. The molecule has 0 N–H and O–H groups in total. The van der Waals surface area contributed by atoms with Crippen LogP contribution in [0.5, 0.6) is 0 Å². The zero-order chi connectivity index (χ0) is 24.9. The maximum absolute atomic E-state index is 13.1. The summed E-state index contributed by atoms with van der Waals surface area (Å²) in [5, 5.41) is 0. The summed E-state index contributed by atoms with van der Waals surface area (Å²) in [6, 6.07) is 26.5. The summed E-state index contributed by atoms with van der Waals surface area (Å²) in [6.07, 6.45) is -5.23. The lowest BCUT2D eigenvalue weighted by atomic mass is 9.97. The summed E-state index contributed by atoms with van der Waals surface area (Å²) in [5.41, 5.74) is 1.50. The summed E-state index contributed by atoms with van der Waals surface area (Å²) in [5.74, 6) is -1.18. The number of benzene rings is 3. The van der Waals surface area contributed by atoms with Gasteiger partial charge >= 0.3 is 11.9 Å². The topological polar surface area (TPSA) is 89.5 Å². The molecule has 186 valence electrons. The molecule has 3 aromatic rings. The Morgan fingerprint density at radius 2 is 1.25 bits per heavy atom. The Morgan fingerprint density at radius 1 is 0.722 bits per heavy atom. The SMILES string of the molecule is CO[C@H]1O[C@@H]2CO[C@H](c3ccccc3)O[C@H]2[C@H](OC(=O)c2ccccc2)[C@H]1OC(=O)c1ccccc1. The van der Waals surface area contributed by atoms with Gasteiger partial charge < -0.3 is 28.4 Å². The second-order valence-corrected chi connectivity index (χ2v) is 8.43. The Kier molecular flexibility index (Phi) is 7.39. The Bertz CT molecular complexity index is 1150. The quantitative estimate of drug-likeness (QED) is 0.481. The fourth-order valence-corrected chi connectivity index (χ4v) is 4.31. The first-order chi connectivity index (χ1) is 17.6. The smallest absolute Gasteiger partial charge is 0.338 e. The molecule has 0 spiro atoms. The van der Waals surface area contributed by atoms with Gasteiger partial charge in [0.05, 0.1) is 17.7 Å². The van der Waals surface area contributed by atoms with Crippen LogP contribution in [-0.4, -0.2) is 56.4 Å². The van der Waals surface area contributed by atoms with Gasteiger partial charge in [-0.05, 0) is 24.3 Å². The number of methoxy groups -OCH3 is 1. The van der Waals surface area contributed by atoms with Gasteiger partial charge in [-0.15, -0.1) is 0 Å².